The summed E-state index contributed by atoms with van der Waals surface area (Å²) in [5.74, 6) is 0.00396. The lowest BCUT2D eigenvalue weighted by Gasteiger charge is -2.39. The van der Waals surface area contributed by atoms with Crippen molar-refractivity contribution in [3.8, 4) is 0 Å². The molecule has 3 amide bonds. The number of thiocarbonyl (C=S) groups is 1. The molecular formula is C39H73N5O5S. The van der Waals surface area contributed by atoms with E-state index in [0.717, 1.165) is 37.6 Å². The number of nitrogens with zero attached hydrogens (tertiary/aromatic N) is 2. The molecule has 0 aliphatic carbocycles. The first-order chi connectivity index (χ1) is 23.7. The van der Waals surface area contributed by atoms with E-state index in [4.69, 9.17) is 9.47 Å². The van der Waals surface area contributed by atoms with Crippen molar-refractivity contribution >= 4 is 35.4 Å². The molecule has 0 aromatic heterocycles. The van der Waals surface area contributed by atoms with E-state index in [1.54, 1.807) is 33.2 Å². The predicted octanol–water partition coefficient (Wildman–Crippen LogP) is 6.05. The van der Waals surface area contributed by atoms with Gasteiger partial charge in [-0.25, -0.2) is 0 Å². The molecule has 50 heavy (non-hydrogen) atoms. The lowest BCUT2D eigenvalue weighted by molar-refractivity contribution is -0.144. The fourth-order valence-corrected chi connectivity index (χ4v) is 6.45. The molecule has 1 fully saturated rings. The van der Waals surface area contributed by atoms with Gasteiger partial charge in [0.25, 0.3) is 0 Å². The quantitative estimate of drug-likeness (QED) is 0.102. The van der Waals surface area contributed by atoms with Crippen LogP contribution in [0.4, 0.5) is 0 Å². The van der Waals surface area contributed by atoms with Gasteiger partial charge in [0.05, 0.1) is 48.8 Å². The second-order valence-corrected chi connectivity index (χ2v) is 13.7. The summed E-state index contributed by atoms with van der Waals surface area (Å²) in [5.41, 5.74) is 6.80. The number of methoxy groups -OCH3 is 2. The van der Waals surface area contributed by atoms with Crippen molar-refractivity contribution in [2.45, 2.75) is 131 Å². The number of likely N-dealkylation sites (tertiary alicyclic amines) is 1. The van der Waals surface area contributed by atoms with Crippen molar-refractivity contribution < 1.29 is 23.9 Å². The second kappa shape index (κ2) is 29.0. The molecule has 1 aliphatic heterocycles. The van der Waals surface area contributed by atoms with Crippen LogP contribution in [0.2, 0.25) is 0 Å². The zero-order valence-electron chi connectivity index (χ0n) is 33.5. The van der Waals surface area contributed by atoms with Gasteiger partial charge in [-0.1, -0.05) is 104 Å². The number of nitrogens with two attached hydrogens (primary N) is 1. The zero-order valence-corrected chi connectivity index (χ0v) is 34.3. The van der Waals surface area contributed by atoms with Gasteiger partial charge in [-0.15, -0.1) is 0 Å². The largest absolute Gasteiger partial charge is 0.396 e. The Morgan fingerprint density at radius 1 is 1.10 bits per heavy atom. The molecule has 1 aliphatic rings. The van der Waals surface area contributed by atoms with E-state index in [1.165, 1.54) is 12.0 Å². The molecular weight excluding hydrogens is 651 g/mol. The Balaban J connectivity index is 0. The summed E-state index contributed by atoms with van der Waals surface area (Å²) in [6.45, 7) is 21.0. The summed E-state index contributed by atoms with van der Waals surface area (Å²) in [5, 5.41) is 5.79. The van der Waals surface area contributed by atoms with Gasteiger partial charge >= 0.3 is 0 Å². The van der Waals surface area contributed by atoms with Crippen molar-refractivity contribution in [3.63, 3.8) is 0 Å². The molecule has 0 saturated carbocycles. The molecule has 0 bridgehead atoms. The maximum Gasteiger partial charge on any atom is 0.242 e. The Labute approximate surface area is 311 Å². The van der Waals surface area contributed by atoms with Gasteiger partial charge in [-0.2, -0.15) is 0 Å². The SMILES string of the molecule is C=C/C(=C\C=C/C)CCC(C)C(OC)C1CCCN1C(=O)CC(OC)C(C(C)CC)N(C)C(=O)CNC(=O)C(NC)C(C)C.CCC.NC=S. The first-order valence-electron chi connectivity index (χ1n) is 18.4. The zero-order chi connectivity index (χ0) is 38.8. The highest BCUT2D eigenvalue weighted by molar-refractivity contribution is 7.78. The average Bonchev–Trinajstić information content (AvgIpc) is 3.57. The normalized spacial score (nSPS) is 18.1. The summed E-state index contributed by atoms with van der Waals surface area (Å²) in [4.78, 5) is 43.5. The molecule has 290 valence electrons. The Bertz CT molecular complexity index is 1040. The standard InChI is InChI=1S/C35H62N4O5.C3H8.CH3NS/c1-12-15-17-27(14-3)20-19-26(7)34(44-11)28-18-16-21-39(28)30(40)22-29(43-10)33(25(6)13-2)38(9)31(41)23-37-35(42)32(36-8)24(4)5;1-3-2;2-1-3/h12,14-15,17,24-26,28-29,32-34,36H,3,13,16,18-23H2,1-2,4-11H3,(H,37,42);3H2,1-2H3;1H,(H2,2,3)/b15-12-,27-17+;;. The highest BCUT2D eigenvalue weighted by Crippen LogP contribution is 2.31. The van der Waals surface area contributed by atoms with Gasteiger partial charge in [0.2, 0.25) is 17.7 Å². The summed E-state index contributed by atoms with van der Waals surface area (Å²) in [6, 6.07) is -0.721. The van der Waals surface area contributed by atoms with Crippen LogP contribution in [0.5, 0.6) is 0 Å². The highest BCUT2D eigenvalue weighted by atomic mass is 32.1. The number of hydrogen-bond acceptors (Lipinski definition) is 7. The van der Waals surface area contributed by atoms with Crippen molar-refractivity contribution in [2.75, 3.05) is 41.4 Å². The maximum atomic E-state index is 13.9. The van der Waals surface area contributed by atoms with Crippen molar-refractivity contribution in [1.29, 1.82) is 0 Å². The fourth-order valence-electron chi connectivity index (χ4n) is 6.45. The molecule has 1 heterocycles. The van der Waals surface area contributed by atoms with Crippen molar-refractivity contribution in [1.82, 2.24) is 20.4 Å². The van der Waals surface area contributed by atoms with Crippen molar-refractivity contribution in [3.05, 3.63) is 36.5 Å². The van der Waals surface area contributed by atoms with Gasteiger partial charge in [-0.3, -0.25) is 14.4 Å². The fraction of sp³-hybridized carbons (Fsp3) is 0.744. The van der Waals surface area contributed by atoms with Crippen molar-refractivity contribution in [2.24, 2.45) is 23.5 Å². The number of amides is 3. The topological polar surface area (TPSA) is 126 Å². The number of allylic oxidation sites excluding steroid dienone is 5. The van der Waals surface area contributed by atoms with Crippen LogP contribution in [0.3, 0.4) is 0 Å². The molecule has 1 rings (SSSR count). The number of carbonyl (C=O) groups excluding carboxylic acids is 3. The van der Waals surface area contributed by atoms with Crippen LogP contribution in [-0.2, 0) is 23.9 Å². The predicted molar refractivity (Wildman–Crippen MR) is 213 cm³/mol. The van der Waals surface area contributed by atoms with E-state index in [0.29, 0.717) is 6.54 Å². The molecule has 7 atom stereocenters. The number of ether oxygens (including phenoxy) is 2. The molecule has 7 unspecified atom stereocenters. The molecule has 10 nitrogen and oxygen atoms in total. The van der Waals surface area contributed by atoms with E-state index in [2.05, 4.69) is 75.9 Å². The van der Waals surface area contributed by atoms with Crippen LogP contribution < -0.4 is 16.4 Å². The van der Waals surface area contributed by atoms with Crippen LogP contribution >= 0.6 is 12.2 Å². The number of likely N-dealkylation sites (N-methyl/N-ethyl adjacent to an activating group) is 2. The van der Waals surface area contributed by atoms with Gasteiger partial charge < -0.3 is 35.6 Å². The van der Waals surface area contributed by atoms with Gasteiger partial charge in [0.1, 0.15) is 0 Å². The number of rotatable bonds is 20. The summed E-state index contributed by atoms with van der Waals surface area (Å²) in [7, 11) is 6.82. The van der Waals surface area contributed by atoms with E-state index in [1.807, 2.05) is 43.9 Å². The van der Waals surface area contributed by atoms with Crippen LogP contribution in [0.15, 0.2) is 36.5 Å². The number of nitrogens with one attached hydrogen (secondary N) is 2. The summed E-state index contributed by atoms with van der Waals surface area (Å²) >= 11 is 4.05. The Hall–Kier alpha value is -2.60. The van der Waals surface area contributed by atoms with E-state index in [9.17, 15) is 14.4 Å². The highest BCUT2D eigenvalue weighted by Gasteiger charge is 2.40. The van der Waals surface area contributed by atoms with Gasteiger partial charge in [0.15, 0.2) is 0 Å². The molecule has 11 heteroatoms. The molecule has 4 N–H and O–H groups in total. The Morgan fingerprint density at radius 3 is 2.16 bits per heavy atom. The number of carbonyl (C=O) groups is 3. The molecule has 0 spiro atoms. The molecule has 0 radical (unpaired) electrons. The Morgan fingerprint density at radius 2 is 1.70 bits per heavy atom. The van der Waals surface area contributed by atoms with Crippen LogP contribution in [0, 0.1) is 17.8 Å². The summed E-state index contributed by atoms with van der Waals surface area (Å²) < 4.78 is 12.0. The minimum absolute atomic E-state index is 0.00981. The summed E-state index contributed by atoms with van der Waals surface area (Å²) in [6.07, 6.45) is 13.3. The third kappa shape index (κ3) is 17.6. The first-order valence-corrected chi connectivity index (χ1v) is 18.9. The minimum atomic E-state index is -0.491. The van der Waals surface area contributed by atoms with E-state index < -0.39 is 6.10 Å². The van der Waals surface area contributed by atoms with Crippen LogP contribution in [-0.4, -0.2) is 105 Å². The number of hydrogen-bond donors (Lipinski definition) is 3. The molecule has 1 saturated heterocycles. The second-order valence-electron chi connectivity index (χ2n) is 13.4. The maximum absolute atomic E-state index is 13.9. The molecule has 0 aromatic rings. The van der Waals surface area contributed by atoms with Crippen LogP contribution in [0.25, 0.3) is 0 Å². The monoisotopic (exact) mass is 724 g/mol. The Kier molecular flexibility index (Phi) is 28.7. The lowest BCUT2D eigenvalue weighted by atomic mass is 9.89. The average molecular weight is 724 g/mol. The third-order valence-electron chi connectivity index (χ3n) is 9.29. The van der Waals surface area contributed by atoms with E-state index in [-0.39, 0.29) is 72.7 Å². The third-order valence-corrected chi connectivity index (χ3v) is 9.29. The lowest BCUT2D eigenvalue weighted by Crippen LogP contribution is -2.55. The first kappa shape index (κ1) is 49.5. The van der Waals surface area contributed by atoms with Crippen LogP contribution in [0.1, 0.15) is 100 Å². The van der Waals surface area contributed by atoms with Gasteiger partial charge in [-0.05, 0) is 63.0 Å². The molecule has 0 aromatic carbocycles. The smallest absolute Gasteiger partial charge is 0.242 e. The van der Waals surface area contributed by atoms with E-state index >= 15 is 0 Å². The van der Waals surface area contributed by atoms with Gasteiger partial charge in [0, 0.05) is 27.8 Å². The minimum Gasteiger partial charge on any atom is -0.396 e.